The Morgan fingerprint density at radius 2 is 2.14 bits per heavy atom. The van der Waals surface area contributed by atoms with Crippen molar-refractivity contribution in [3.8, 4) is 5.75 Å². The zero-order valence-corrected chi connectivity index (χ0v) is 12.8. The largest absolute Gasteiger partial charge is 0.481 e. The SMILES string of the molecule is CNC1CCCc2c(OC(C)C(=O)NC3CC3)cccc21. The standard InChI is InChI=1S/C17H24N2O2/c1-11(17(20)19-12-9-10-12)21-16-8-4-5-13-14(16)6-3-7-15(13)18-2/h4-5,8,11-12,15,18H,3,6-7,9-10H2,1-2H3,(H,19,20). The fraction of sp³-hybridized carbons (Fsp3) is 0.588. The summed E-state index contributed by atoms with van der Waals surface area (Å²) in [5.41, 5.74) is 2.57. The molecule has 0 radical (unpaired) electrons. The van der Waals surface area contributed by atoms with Crippen molar-refractivity contribution in [1.29, 1.82) is 0 Å². The highest BCUT2D eigenvalue weighted by molar-refractivity contribution is 5.81. The second-order valence-electron chi connectivity index (χ2n) is 6.10. The lowest BCUT2D eigenvalue weighted by molar-refractivity contribution is -0.127. The van der Waals surface area contributed by atoms with Gasteiger partial charge in [0.2, 0.25) is 0 Å². The van der Waals surface area contributed by atoms with Crippen molar-refractivity contribution in [3.05, 3.63) is 29.3 Å². The molecule has 1 amide bonds. The number of amides is 1. The second kappa shape index (κ2) is 6.06. The van der Waals surface area contributed by atoms with Gasteiger partial charge in [0.15, 0.2) is 6.10 Å². The fourth-order valence-electron chi connectivity index (χ4n) is 3.02. The van der Waals surface area contributed by atoms with Gasteiger partial charge in [-0.25, -0.2) is 0 Å². The lowest BCUT2D eigenvalue weighted by Gasteiger charge is -2.27. The summed E-state index contributed by atoms with van der Waals surface area (Å²) in [7, 11) is 2.00. The van der Waals surface area contributed by atoms with Crippen LogP contribution in [0.5, 0.6) is 5.75 Å². The number of rotatable bonds is 5. The topological polar surface area (TPSA) is 50.4 Å². The van der Waals surface area contributed by atoms with Crippen LogP contribution in [0.25, 0.3) is 0 Å². The maximum Gasteiger partial charge on any atom is 0.260 e. The molecule has 1 saturated carbocycles. The van der Waals surface area contributed by atoms with E-state index in [0.717, 1.165) is 37.9 Å². The molecular formula is C17H24N2O2. The molecule has 2 atom stereocenters. The Labute approximate surface area is 126 Å². The number of fused-ring (bicyclic) bond motifs is 1. The lowest BCUT2D eigenvalue weighted by Crippen LogP contribution is -2.37. The van der Waals surface area contributed by atoms with Crippen LogP contribution in [-0.2, 0) is 11.2 Å². The molecule has 3 rings (SSSR count). The number of benzene rings is 1. The normalized spacial score (nSPS) is 22.3. The number of hydrogen-bond acceptors (Lipinski definition) is 3. The highest BCUT2D eigenvalue weighted by Gasteiger charge is 2.27. The van der Waals surface area contributed by atoms with Gasteiger partial charge in [-0.15, -0.1) is 0 Å². The summed E-state index contributed by atoms with van der Waals surface area (Å²) in [5.74, 6) is 0.863. The fourth-order valence-corrected chi connectivity index (χ4v) is 3.02. The summed E-state index contributed by atoms with van der Waals surface area (Å²) in [6, 6.07) is 6.94. The Bertz CT molecular complexity index is 526. The van der Waals surface area contributed by atoms with E-state index >= 15 is 0 Å². The van der Waals surface area contributed by atoms with Crippen LogP contribution in [-0.4, -0.2) is 25.1 Å². The van der Waals surface area contributed by atoms with Gasteiger partial charge in [-0.2, -0.15) is 0 Å². The van der Waals surface area contributed by atoms with Crippen molar-refractivity contribution in [2.75, 3.05) is 7.05 Å². The molecule has 2 N–H and O–H groups in total. The number of hydrogen-bond donors (Lipinski definition) is 2. The van der Waals surface area contributed by atoms with Gasteiger partial charge in [-0.05, 0) is 63.3 Å². The first kappa shape index (κ1) is 14.4. The molecule has 1 fully saturated rings. The summed E-state index contributed by atoms with van der Waals surface area (Å²) < 4.78 is 5.96. The number of ether oxygens (including phenoxy) is 1. The molecule has 2 aliphatic carbocycles. The van der Waals surface area contributed by atoms with E-state index in [0.29, 0.717) is 12.1 Å². The summed E-state index contributed by atoms with van der Waals surface area (Å²) in [4.78, 5) is 12.0. The van der Waals surface area contributed by atoms with E-state index in [4.69, 9.17) is 4.74 Å². The Balaban J connectivity index is 1.74. The van der Waals surface area contributed by atoms with Crippen molar-refractivity contribution in [2.45, 2.75) is 57.2 Å². The highest BCUT2D eigenvalue weighted by Crippen LogP contribution is 2.35. The minimum atomic E-state index is -0.438. The zero-order chi connectivity index (χ0) is 14.8. The van der Waals surface area contributed by atoms with E-state index in [1.807, 2.05) is 26.1 Å². The molecule has 2 unspecified atom stereocenters. The van der Waals surface area contributed by atoms with Gasteiger partial charge < -0.3 is 15.4 Å². The molecule has 4 nitrogen and oxygen atoms in total. The van der Waals surface area contributed by atoms with Crippen LogP contribution in [0.2, 0.25) is 0 Å². The maximum absolute atomic E-state index is 12.0. The van der Waals surface area contributed by atoms with E-state index in [9.17, 15) is 4.79 Å². The van der Waals surface area contributed by atoms with Crippen molar-refractivity contribution in [3.63, 3.8) is 0 Å². The van der Waals surface area contributed by atoms with Gasteiger partial charge >= 0.3 is 0 Å². The predicted octanol–water partition coefficient (Wildman–Crippen LogP) is 2.33. The van der Waals surface area contributed by atoms with Crippen molar-refractivity contribution in [2.24, 2.45) is 0 Å². The third kappa shape index (κ3) is 3.21. The molecule has 114 valence electrons. The zero-order valence-electron chi connectivity index (χ0n) is 12.8. The maximum atomic E-state index is 12.0. The summed E-state index contributed by atoms with van der Waals surface area (Å²) in [5, 5.41) is 6.36. The van der Waals surface area contributed by atoms with Crippen molar-refractivity contribution in [1.82, 2.24) is 10.6 Å². The molecule has 1 aromatic carbocycles. The van der Waals surface area contributed by atoms with E-state index < -0.39 is 6.10 Å². The first-order valence-electron chi connectivity index (χ1n) is 7.95. The Morgan fingerprint density at radius 3 is 2.86 bits per heavy atom. The van der Waals surface area contributed by atoms with E-state index in [-0.39, 0.29) is 5.91 Å². The van der Waals surface area contributed by atoms with Crippen LogP contribution in [0.1, 0.15) is 49.8 Å². The molecule has 0 saturated heterocycles. The van der Waals surface area contributed by atoms with Crippen molar-refractivity contribution >= 4 is 5.91 Å². The Kier molecular flexibility index (Phi) is 4.15. The molecule has 0 aliphatic heterocycles. The molecule has 2 aliphatic rings. The molecule has 1 aromatic rings. The van der Waals surface area contributed by atoms with Gasteiger partial charge in [-0.3, -0.25) is 4.79 Å². The monoisotopic (exact) mass is 288 g/mol. The van der Waals surface area contributed by atoms with Crippen LogP contribution in [0.4, 0.5) is 0 Å². The Morgan fingerprint density at radius 1 is 1.33 bits per heavy atom. The molecule has 21 heavy (non-hydrogen) atoms. The first-order valence-corrected chi connectivity index (χ1v) is 7.95. The van der Waals surface area contributed by atoms with Crippen LogP contribution >= 0.6 is 0 Å². The lowest BCUT2D eigenvalue weighted by atomic mass is 9.87. The van der Waals surface area contributed by atoms with E-state index in [1.165, 1.54) is 11.1 Å². The smallest absolute Gasteiger partial charge is 0.260 e. The highest BCUT2D eigenvalue weighted by atomic mass is 16.5. The van der Waals surface area contributed by atoms with Crippen LogP contribution in [0.15, 0.2) is 18.2 Å². The second-order valence-corrected chi connectivity index (χ2v) is 6.10. The molecular weight excluding hydrogens is 264 g/mol. The molecule has 0 heterocycles. The number of nitrogens with one attached hydrogen (secondary N) is 2. The van der Waals surface area contributed by atoms with Gasteiger partial charge in [0.1, 0.15) is 5.75 Å². The molecule has 0 aromatic heterocycles. The third-order valence-electron chi connectivity index (χ3n) is 4.41. The number of carbonyl (C=O) groups is 1. The minimum Gasteiger partial charge on any atom is -0.481 e. The van der Waals surface area contributed by atoms with Crippen molar-refractivity contribution < 1.29 is 9.53 Å². The number of carbonyl (C=O) groups excluding carboxylic acids is 1. The quantitative estimate of drug-likeness (QED) is 0.874. The van der Waals surface area contributed by atoms with Crippen LogP contribution in [0.3, 0.4) is 0 Å². The van der Waals surface area contributed by atoms with Gasteiger partial charge in [-0.1, -0.05) is 12.1 Å². The summed E-state index contributed by atoms with van der Waals surface area (Å²) in [6.07, 6.45) is 5.10. The molecule has 4 heteroatoms. The van der Waals surface area contributed by atoms with Gasteiger partial charge in [0, 0.05) is 12.1 Å². The van der Waals surface area contributed by atoms with Crippen LogP contribution in [0, 0.1) is 0 Å². The first-order chi connectivity index (χ1) is 10.2. The van der Waals surface area contributed by atoms with Crippen LogP contribution < -0.4 is 15.4 Å². The predicted molar refractivity (Wildman–Crippen MR) is 82.4 cm³/mol. The van der Waals surface area contributed by atoms with Gasteiger partial charge in [0.05, 0.1) is 0 Å². The Hall–Kier alpha value is -1.55. The molecule has 0 bridgehead atoms. The average molecular weight is 288 g/mol. The van der Waals surface area contributed by atoms with Gasteiger partial charge in [0.25, 0.3) is 5.91 Å². The van der Waals surface area contributed by atoms with E-state index in [1.54, 1.807) is 0 Å². The summed E-state index contributed by atoms with van der Waals surface area (Å²) >= 11 is 0. The minimum absolute atomic E-state index is 0.00363. The molecule has 0 spiro atoms. The third-order valence-corrected chi connectivity index (χ3v) is 4.41. The van der Waals surface area contributed by atoms with E-state index in [2.05, 4.69) is 16.7 Å². The average Bonchev–Trinajstić information content (AvgIpc) is 3.30. The summed E-state index contributed by atoms with van der Waals surface area (Å²) in [6.45, 7) is 1.83.